The minimum Gasteiger partial charge on any atom is -0.350 e. The molecule has 1 aromatic heterocycles. The predicted molar refractivity (Wildman–Crippen MR) is 60.0 cm³/mol. The number of rotatable bonds is 3. The highest BCUT2D eigenvalue weighted by Gasteiger charge is 2.15. The molecule has 1 aliphatic heterocycles. The highest BCUT2D eigenvalue weighted by atomic mass is 16.7. The molecule has 1 fully saturated rings. The van der Waals surface area contributed by atoms with Crippen molar-refractivity contribution in [1.29, 1.82) is 0 Å². The molecular formula is C12H14N2O2. The number of ether oxygens (including phenoxy) is 2. The summed E-state index contributed by atoms with van der Waals surface area (Å²) in [5.74, 6) is 0. The lowest BCUT2D eigenvalue weighted by atomic mass is 10.3. The van der Waals surface area contributed by atoms with E-state index in [-0.39, 0.29) is 6.29 Å². The van der Waals surface area contributed by atoms with Crippen molar-refractivity contribution < 1.29 is 9.47 Å². The zero-order valence-electron chi connectivity index (χ0n) is 9.00. The number of nitrogens with zero attached hydrogens (tertiary/aromatic N) is 2. The topological polar surface area (TPSA) is 36.3 Å². The van der Waals surface area contributed by atoms with Crippen molar-refractivity contribution in [3.8, 4) is 0 Å². The van der Waals surface area contributed by atoms with Gasteiger partial charge in [0.1, 0.15) is 0 Å². The lowest BCUT2D eigenvalue weighted by Crippen LogP contribution is -2.11. The van der Waals surface area contributed by atoms with Crippen LogP contribution in [0.1, 0.15) is 6.42 Å². The Morgan fingerprint density at radius 1 is 1.25 bits per heavy atom. The van der Waals surface area contributed by atoms with Crippen LogP contribution >= 0.6 is 0 Å². The van der Waals surface area contributed by atoms with Crippen molar-refractivity contribution in [2.75, 3.05) is 13.2 Å². The van der Waals surface area contributed by atoms with Crippen molar-refractivity contribution in [3.63, 3.8) is 0 Å². The third-order valence-electron chi connectivity index (χ3n) is 2.82. The average molecular weight is 218 g/mol. The van der Waals surface area contributed by atoms with Gasteiger partial charge in [-0.05, 0) is 12.1 Å². The van der Waals surface area contributed by atoms with E-state index in [2.05, 4.69) is 15.6 Å². The lowest BCUT2D eigenvalue weighted by Gasteiger charge is -2.09. The van der Waals surface area contributed by atoms with Gasteiger partial charge in [-0.2, -0.15) is 0 Å². The van der Waals surface area contributed by atoms with Crippen LogP contribution in [0, 0.1) is 0 Å². The van der Waals surface area contributed by atoms with Gasteiger partial charge in [0.2, 0.25) is 0 Å². The van der Waals surface area contributed by atoms with Crippen molar-refractivity contribution in [2.24, 2.45) is 0 Å². The van der Waals surface area contributed by atoms with Gasteiger partial charge in [0, 0.05) is 13.0 Å². The molecule has 0 N–H and O–H groups in total. The fourth-order valence-corrected chi connectivity index (χ4v) is 2.01. The van der Waals surface area contributed by atoms with E-state index in [1.165, 1.54) is 5.52 Å². The first-order valence-electron chi connectivity index (χ1n) is 5.56. The van der Waals surface area contributed by atoms with Gasteiger partial charge in [0.15, 0.2) is 6.29 Å². The van der Waals surface area contributed by atoms with E-state index in [4.69, 9.17) is 9.47 Å². The average Bonchev–Trinajstić information content (AvgIpc) is 2.96. The quantitative estimate of drug-likeness (QED) is 0.788. The second-order valence-electron chi connectivity index (χ2n) is 3.89. The number of hydrogen-bond donors (Lipinski definition) is 0. The van der Waals surface area contributed by atoms with Gasteiger partial charge >= 0.3 is 0 Å². The molecule has 0 aliphatic carbocycles. The molecule has 0 radical (unpaired) electrons. The van der Waals surface area contributed by atoms with Crippen LogP contribution < -0.4 is 0 Å². The Bertz CT molecular complexity index is 475. The highest BCUT2D eigenvalue weighted by molar-refractivity contribution is 5.74. The number of imidazole rings is 1. The van der Waals surface area contributed by atoms with E-state index in [1.54, 1.807) is 0 Å². The maximum absolute atomic E-state index is 5.41. The first kappa shape index (κ1) is 9.81. The van der Waals surface area contributed by atoms with Crippen LogP contribution in [-0.2, 0) is 16.0 Å². The molecule has 1 aliphatic rings. The van der Waals surface area contributed by atoms with E-state index in [9.17, 15) is 0 Å². The Labute approximate surface area is 93.8 Å². The Kier molecular flexibility index (Phi) is 2.60. The van der Waals surface area contributed by atoms with Crippen molar-refractivity contribution in [3.05, 3.63) is 30.6 Å². The SMILES string of the molecule is c1ccc2c(c1)ncn2CCC1OCCO1. The van der Waals surface area contributed by atoms with Crippen molar-refractivity contribution >= 4 is 11.0 Å². The number of hydrogen-bond acceptors (Lipinski definition) is 3. The van der Waals surface area contributed by atoms with E-state index >= 15 is 0 Å². The van der Waals surface area contributed by atoms with Crippen LogP contribution in [0.25, 0.3) is 11.0 Å². The molecule has 4 nitrogen and oxygen atoms in total. The molecule has 84 valence electrons. The largest absolute Gasteiger partial charge is 0.350 e. The van der Waals surface area contributed by atoms with E-state index in [0.29, 0.717) is 0 Å². The summed E-state index contributed by atoms with van der Waals surface area (Å²) in [6.07, 6.45) is 2.71. The molecule has 0 unspecified atom stereocenters. The maximum Gasteiger partial charge on any atom is 0.159 e. The molecule has 0 spiro atoms. The summed E-state index contributed by atoms with van der Waals surface area (Å²) in [5.41, 5.74) is 2.20. The van der Waals surface area contributed by atoms with E-state index in [0.717, 1.165) is 31.7 Å². The minimum absolute atomic E-state index is 0.0406. The molecule has 0 bridgehead atoms. The smallest absolute Gasteiger partial charge is 0.159 e. The van der Waals surface area contributed by atoms with E-state index in [1.807, 2.05) is 24.5 Å². The summed E-state index contributed by atoms with van der Waals surface area (Å²) in [7, 11) is 0. The molecule has 16 heavy (non-hydrogen) atoms. The number of aromatic nitrogens is 2. The van der Waals surface area contributed by atoms with E-state index < -0.39 is 0 Å². The van der Waals surface area contributed by atoms with Gasteiger partial charge in [-0.25, -0.2) is 4.98 Å². The van der Waals surface area contributed by atoms with Crippen LogP contribution in [0.4, 0.5) is 0 Å². The summed E-state index contributed by atoms with van der Waals surface area (Å²) < 4.78 is 13.0. The number of aryl methyl sites for hydroxylation is 1. The molecule has 4 heteroatoms. The van der Waals surface area contributed by atoms with Gasteiger partial charge in [-0.3, -0.25) is 0 Å². The third kappa shape index (κ3) is 1.81. The molecule has 1 aromatic carbocycles. The standard InChI is InChI=1S/C12H14N2O2/c1-2-4-11-10(3-1)13-9-14(11)6-5-12-15-7-8-16-12/h1-4,9,12H,5-8H2. The number of fused-ring (bicyclic) bond motifs is 1. The molecule has 2 aromatic rings. The summed E-state index contributed by atoms with van der Waals surface area (Å²) >= 11 is 0. The Balaban J connectivity index is 1.73. The molecule has 0 amide bonds. The van der Waals surface area contributed by atoms with Crippen LogP contribution in [0.3, 0.4) is 0 Å². The monoisotopic (exact) mass is 218 g/mol. The van der Waals surface area contributed by atoms with Crippen molar-refractivity contribution in [2.45, 2.75) is 19.3 Å². The lowest BCUT2D eigenvalue weighted by molar-refractivity contribution is -0.0488. The maximum atomic E-state index is 5.41. The third-order valence-corrected chi connectivity index (χ3v) is 2.82. The summed E-state index contributed by atoms with van der Waals surface area (Å²) in [5, 5.41) is 0. The minimum atomic E-state index is -0.0406. The normalized spacial score (nSPS) is 17.2. The van der Waals surface area contributed by atoms with Crippen LogP contribution in [-0.4, -0.2) is 29.1 Å². The zero-order valence-corrected chi connectivity index (χ0v) is 9.00. The summed E-state index contributed by atoms with van der Waals surface area (Å²) in [6.45, 7) is 2.32. The van der Waals surface area contributed by atoms with Crippen LogP contribution in [0.2, 0.25) is 0 Å². The molecule has 0 atom stereocenters. The first-order valence-corrected chi connectivity index (χ1v) is 5.56. The number of benzene rings is 1. The highest BCUT2D eigenvalue weighted by Crippen LogP contribution is 2.14. The van der Waals surface area contributed by atoms with Gasteiger partial charge in [0.05, 0.1) is 30.6 Å². The Hall–Kier alpha value is -1.39. The number of para-hydroxylation sites is 2. The second kappa shape index (κ2) is 4.23. The first-order chi connectivity index (χ1) is 7.93. The Morgan fingerprint density at radius 2 is 2.06 bits per heavy atom. The molecule has 1 saturated heterocycles. The van der Waals surface area contributed by atoms with Crippen LogP contribution in [0.15, 0.2) is 30.6 Å². The predicted octanol–water partition coefficient (Wildman–Crippen LogP) is 1.80. The molecule has 2 heterocycles. The van der Waals surface area contributed by atoms with Crippen LogP contribution in [0.5, 0.6) is 0 Å². The fourth-order valence-electron chi connectivity index (χ4n) is 2.01. The van der Waals surface area contributed by atoms with Gasteiger partial charge < -0.3 is 14.0 Å². The van der Waals surface area contributed by atoms with Gasteiger partial charge in [-0.15, -0.1) is 0 Å². The zero-order chi connectivity index (χ0) is 10.8. The summed E-state index contributed by atoms with van der Waals surface area (Å²) in [6, 6.07) is 8.14. The molecule has 0 saturated carbocycles. The Morgan fingerprint density at radius 3 is 2.94 bits per heavy atom. The molecular weight excluding hydrogens is 204 g/mol. The van der Waals surface area contributed by atoms with Gasteiger partial charge in [-0.1, -0.05) is 12.1 Å². The summed E-state index contributed by atoms with van der Waals surface area (Å²) in [4.78, 5) is 4.35. The van der Waals surface area contributed by atoms with Gasteiger partial charge in [0.25, 0.3) is 0 Å². The molecule has 3 rings (SSSR count). The second-order valence-corrected chi connectivity index (χ2v) is 3.89. The fraction of sp³-hybridized carbons (Fsp3) is 0.417. The van der Waals surface area contributed by atoms with Crippen molar-refractivity contribution in [1.82, 2.24) is 9.55 Å².